The summed E-state index contributed by atoms with van der Waals surface area (Å²) in [6, 6.07) is 9.00. The summed E-state index contributed by atoms with van der Waals surface area (Å²) in [5.74, 6) is -0.568. The molecule has 2 aliphatic rings. The van der Waals surface area contributed by atoms with Crippen LogP contribution in [0, 0.1) is 5.82 Å². The zero-order valence-corrected chi connectivity index (χ0v) is 17.8. The Kier molecular flexibility index (Phi) is 6.33. The number of fused-ring (bicyclic) bond motifs is 1. The van der Waals surface area contributed by atoms with Crippen LogP contribution in [0.15, 0.2) is 47.5 Å². The van der Waals surface area contributed by atoms with E-state index in [2.05, 4.69) is 15.2 Å². The Morgan fingerprint density at radius 2 is 2.03 bits per heavy atom. The number of benzene rings is 1. The minimum absolute atomic E-state index is 0.0426. The van der Waals surface area contributed by atoms with E-state index in [4.69, 9.17) is 4.74 Å². The topological polar surface area (TPSA) is 74.8 Å². The lowest BCUT2D eigenvalue weighted by molar-refractivity contribution is 0.141. The normalized spacial score (nSPS) is 20.5. The van der Waals surface area contributed by atoms with Crippen molar-refractivity contribution in [3.05, 3.63) is 54.1 Å². The van der Waals surface area contributed by atoms with Gasteiger partial charge in [-0.2, -0.15) is 0 Å². The Bertz CT molecular complexity index is 980. The highest BCUT2D eigenvalue weighted by Gasteiger charge is 2.41. The van der Waals surface area contributed by atoms with E-state index in [0.717, 1.165) is 44.2 Å². The van der Waals surface area contributed by atoms with Gasteiger partial charge in [0.25, 0.3) is 10.0 Å². The largest absolute Gasteiger partial charge is 0.383 e. The maximum atomic E-state index is 13.7. The second-order valence-corrected chi connectivity index (χ2v) is 9.54. The van der Waals surface area contributed by atoms with Crippen LogP contribution in [0.4, 0.5) is 10.1 Å². The van der Waals surface area contributed by atoms with Gasteiger partial charge < -0.3 is 10.1 Å². The first kappa shape index (κ1) is 21.2. The molecule has 1 atom stereocenters. The summed E-state index contributed by atoms with van der Waals surface area (Å²) in [6.45, 7) is 3.52. The number of nitrogens with zero attached hydrogens (tertiary/aromatic N) is 3. The highest BCUT2D eigenvalue weighted by atomic mass is 32.2. The summed E-state index contributed by atoms with van der Waals surface area (Å²) < 4.78 is 46.7. The standard InChI is InChI=1S/C21H27FN4O3S/c1-29-13-10-23-17-7-11-25(12-8-17)20-15-26(19-6-3-9-24-21(19)20)30(27,28)18-5-2-4-16(22)14-18/h2-6,9,14,17,20,23H,7-8,10-13,15H2,1H3. The Balaban J connectivity index is 1.52. The van der Waals surface area contributed by atoms with Crippen molar-refractivity contribution in [3.63, 3.8) is 0 Å². The smallest absolute Gasteiger partial charge is 0.264 e. The number of ether oxygens (including phenoxy) is 1. The SMILES string of the molecule is COCCNC1CCN(C2CN(S(=O)(=O)c3cccc(F)c3)c3cccnc32)CC1. The van der Waals surface area contributed by atoms with Crippen molar-refractivity contribution < 1.29 is 17.5 Å². The molecular formula is C21H27FN4O3S. The highest BCUT2D eigenvalue weighted by Crippen LogP contribution is 2.40. The second-order valence-electron chi connectivity index (χ2n) is 7.67. The number of nitrogens with one attached hydrogen (secondary N) is 1. The monoisotopic (exact) mass is 434 g/mol. The molecule has 1 saturated heterocycles. The minimum atomic E-state index is -3.87. The molecule has 0 saturated carbocycles. The summed E-state index contributed by atoms with van der Waals surface area (Å²) >= 11 is 0. The van der Waals surface area contributed by atoms with Gasteiger partial charge in [0.05, 0.1) is 35.5 Å². The molecule has 3 heterocycles. The lowest BCUT2D eigenvalue weighted by Gasteiger charge is -2.36. The van der Waals surface area contributed by atoms with Crippen LogP contribution in [0.1, 0.15) is 24.6 Å². The molecule has 0 bridgehead atoms. The van der Waals surface area contributed by atoms with Crippen LogP contribution in [0.5, 0.6) is 0 Å². The van der Waals surface area contributed by atoms with Crippen molar-refractivity contribution in [1.82, 2.24) is 15.2 Å². The summed E-state index contributed by atoms with van der Waals surface area (Å²) in [5, 5.41) is 3.50. The first-order valence-corrected chi connectivity index (χ1v) is 11.6. The molecule has 0 radical (unpaired) electrons. The molecule has 30 heavy (non-hydrogen) atoms. The predicted molar refractivity (Wildman–Crippen MR) is 112 cm³/mol. The molecule has 162 valence electrons. The number of rotatable bonds is 7. The van der Waals surface area contributed by atoms with Gasteiger partial charge in [-0.25, -0.2) is 12.8 Å². The van der Waals surface area contributed by atoms with E-state index in [0.29, 0.717) is 18.3 Å². The molecule has 7 nitrogen and oxygen atoms in total. The van der Waals surface area contributed by atoms with E-state index in [9.17, 15) is 12.8 Å². The van der Waals surface area contributed by atoms with Crippen molar-refractivity contribution in [2.75, 3.05) is 44.2 Å². The van der Waals surface area contributed by atoms with E-state index in [1.165, 1.54) is 22.5 Å². The highest BCUT2D eigenvalue weighted by molar-refractivity contribution is 7.92. The Labute approximate surface area is 176 Å². The molecule has 1 aromatic heterocycles. The first-order valence-electron chi connectivity index (χ1n) is 10.2. The molecule has 0 spiro atoms. The van der Waals surface area contributed by atoms with Gasteiger partial charge in [0.2, 0.25) is 0 Å². The fourth-order valence-electron chi connectivity index (χ4n) is 4.27. The third-order valence-corrected chi connectivity index (χ3v) is 7.61. The van der Waals surface area contributed by atoms with E-state index in [1.807, 2.05) is 0 Å². The lowest BCUT2D eigenvalue weighted by atomic mass is 10.0. The predicted octanol–water partition coefficient (Wildman–Crippen LogP) is 2.17. The van der Waals surface area contributed by atoms with Crippen molar-refractivity contribution >= 4 is 15.7 Å². The van der Waals surface area contributed by atoms with Crippen molar-refractivity contribution in [3.8, 4) is 0 Å². The van der Waals surface area contributed by atoms with E-state index < -0.39 is 15.8 Å². The summed E-state index contributed by atoms with van der Waals surface area (Å²) in [4.78, 5) is 6.78. The lowest BCUT2D eigenvalue weighted by Crippen LogP contribution is -2.45. The molecule has 1 fully saturated rings. The number of aromatic nitrogens is 1. The van der Waals surface area contributed by atoms with Crippen molar-refractivity contribution in [1.29, 1.82) is 0 Å². The molecule has 1 unspecified atom stereocenters. The van der Waals surface area contributed by atoms with Gasteiger partial charge >= 0.3 is 0 Å². The fraction of sp³-hybridized carbons (Fsp3) is 0.476. The van der Waals surface area contributed by atoms with Crippen LogP contribution in [-0.2, 0) is 14.8 Å². The van der Waals surface area contributed by atoms with E-state index in [-0.39, 0.29) is 17.5 Å². The molecule has 4 rings (SSSR count). The molecule has 2 aromatic rings. The van der Waals surface area contributed by atoms with Crippen LogP contribution in [-0.4, -0.2) is 64.2 Å². The number of hydrogen-bond acceptors (Lipinski definition) is 6. The molecule has 1 aromatic carbocycles. The molecule has 0 aliphatic carbocycles. The van der Waals surface area contributed by atoms with Gasteiger partial charge in [-0.1, -0.05) is 6.07 Å². The van der Waals surface area contributed by atoms with Gasteiger partial charge in [-0.3, -0.25) is 14.2 Å². The number of hydrogen-bond donors (Lipinski definition) is 1. The summed E-state index contributed by atoms with van der Waals surface area (Å²) in [7, 11) is -2.18. The molecule has 9 heteroatoms. The number of methoxy groups -OCH3 is 1. The number of anilines is 1. The van der Waals surface area contributed by atoms with Crippen LogP contribution < -0.4 is 9.62 Å². The Morgan fingerprint density at radius 3 is 2.77 bits per heavy atom. The van der Waals surface area contributed by atoms with Gasteiger partial charge in [0.15, 0.2) is 0 Å². The zero-order valence-electron chi connectivity index (χ0n) is 17.0. The van der Waals surface area contributed by atoms with Crippen molar-refractivity contribution in [2.45, 2.75) is 29.8 Å². The first-order chi connectivity index (χ1) is 14.5. The molecule has 0 amide bonds. The third kappa shape index (κ3) is 4.20. The van der Waals surface area contributed by atoms with Crippen LogP contribution in [0.25, 0.3) is 0 Å². The molecule has 1 N–H and O–H groups in total. The average molecular weight is 435 g/mol. The molecule has 2 aliphatic heterocycles. The fourth-order valence-corrected chi connectivity index (χ4v) is 5.79. The third-order valence-electron chi connectivity index (χ3n) is 5.83. The molecular weight excluding hydrogens is 407 g/mol. The minimum Gasteiger partial charge on any atom is -0.383 e. The van der Waals surface area contributed by atoms with Crippen LogP contribution in [0.2, 0.25) is 0 Å². The van der Waals surface area contributed by atoms with Crippen LogP contribution >= 0.6 is 0 Å². The second kappa shape index (κ2) is 8.97. The van der Waals surface area contributed by atoms with E-state index in [1.54, 1.807) is 25.4 Å². The Hall–Kier alpha value is -2.07. The number of piperidine rings is 1. The van der Waals surface area contributed by atoms with Gasteiger partial charge in [0, 0.05) is 39.0 Å². The number of pyridine rings is 1. The number of likely N-dealkylation sites (tertiary alicyclic amines) is 1. The summed E-state index contributed by atoms with van der Waals surface area (Å²) in [5.41, 5.74) is 1.34. The number of halogens is 1. The van der Waals surface area contributed by atoms with Crippen LogP contribution in [0.3, 0.4) is 0 Å². The average Bonchev–Trinajstić information content (AvgIpc) is 3.15. The summed E-state index contributed by atoms with van der Waals surface area (Å²) in [6.07, 6.45) is 3.67. The van der Waals surface area contributed by atoms with Gasteiger partial charge in [0.1, 0.15) is 5.82 Å². The van der Waals surface area contributed by atoms with E-state index >= 15 is 0 Å². The zero-order chi connectivity index (χ0) is 21.1. The van der Waals surface area contributed by atoms with Gasteiger partial charge in [-0.05, 0) is 43.2 Å². The van der Waals surface area contributed by atoms with Gasteiger partial charge in [-0.15, -0.1) is 0 Å². The maximum Gasteiger partial charge on any atom is 0.264 e. The quantitative estimate of drug-likeness (QED) is 0.674. The maximum absolute atomic E-state index is 13.7. The Morgan fingerprint density at radius 1 is 1.23 bits per heavy atom. The van der Waals surface area contributed by atoms with Crippen molar-refractivity contribution in [2.24, 2.45) is 0 Å². The number of sulfonamides is 1.